The van der Waals surface area contributed by atoms with Gasteiger partial charge in [0, 0.05) is 12.1 Å². The third-order valence-electron chi connectivity index (χ3n) is 4.20. The Morgan fingerprint density at radius 2 is 1.73 bits per heavy atom. The zero-order valence-corrected chi connectivity index (χ0v) is 15.7. The Bertz CT molecular complexity index is 747. The lowest BCUT2D eigenvalue weighted by atomic mass is 10.1. The van der Waals surface area contributed by atoms with E-state index in [9.17, 15) is 9.18 Å². The van der Waals surface area contributed by atoms with Gasteiger partial charge in [0.2, 0.25) is 0 Å². The number of ether oxygens (including phenoxy) is 2. The van der Waals surface area contributed by atoms with Crippen LogP contribution in [-0.4, -0.2) is 33.7 Å². The molecule has 5 nitrogen and oxygen atoms in total. The van der Waals surface area contributed by atoms with Gasteiger partial charge in [-0.3, -0.25) is 4.79 Å². The predicted octanol–water partition coefficient (Wildman–Crippen LogP) is 1.48. The average Bonchev–Trinajstić information content (AvgIpc) is 2.62. The third kappa shape index (κ3) is 5.46. The molecule has 0 spiro atoms. The summed E-state index contributed by atoms with van der Waals surface area (Å²) in [5.74, 6) is 1.05. The maximum atomic E-state index is 12.9. The van der Waals surface area contributed by atoms with Crippen molar-refractivity contribution >= 4 is 5.91 Å². The molecule has 2 aromatic carbocycles. The Morgan fingerprint density at radius 1 is 1.12 bits per heavy atom. The van der Waals surface area contributed by atoms with Crippen LogP contribution in [0.2, 0.25) is 0 Å². The summed E-state index contributed by atoms with van der Waals surface area (Å²) in [6.45, 7) is 3.44. The quantitative estimate of drug-likeness (QED) is 0.749. The second-order valence-electron chi connectivity index (χ2n) is 6.35. The highest BCUT2D eigenvalue weighted by molar-refractivity contribution is 5.76. The first-order valence-corrected chi connectivity index (χ1v) is 8.47. The van der Waals surface area contributed by atoms with E-state index in [1.165, 1.54) is 12.1 Å². The molecule has 0 saturated heterocycles. The molecule has 0 fully saturated rings. The van der Waals surface area contributed by atoms with Crippen molar-refractivity contribution in [3.8, 4) is 11.5 Å². The van der Waals surface area contributed by atoms with E-state index in [1.807, 2.05) is 26.1 Å². The molecule has 0 radical (unpaired) electrons. The minimum Gasteiger partial charge on any atom is -0.493 e. The van der Waals surface area contributed by atoms with Crippen LogP contribution in [0.15, 0.2) is 36.4 Å². The van der Waals surface area contributed by atoms with Gasteiger partial charge < -0.3 is 19.7 Å². The highest BCUT2D eigenvalue weighted by Gasteiger charge is 2.14. The summed E-state index contributed by atoms with van der Waals surface area (Å²) in [5, 5.41) is 2.86. The van der Waals surface area contributed by atoms with Crippen LogP contribution in [0.5, 0.6) is 11.5 Å². The van der Waals surface area contributed by atoms with Crippen LogP contribution < -0.4 is 19.7 Å². The number of nitrogens with one attached hydrogen (secondary N) is 2. The number of hydrogen-bond donors (Lipinski definition) is 2. The van der Waals surface area contributed by atoms with E-state index in [2.05, 4.69) is 5.32 Å². The summed E-state index contributed by atoms with van der Waals surface area (Å²) in [6, 6.07) is 10.00. The zero-order chi connectivity index (χ0) is 19.1. The average molecular weight is 361 g/mol. The molecule has 1 amide bonds. The summed E-state index contributed by atoms with van der Waals surface area (Å²) in [4.78, 5) is 13.2. The number of carbonyl (C=O) groups excluding carboxylic acids is 1. The number of amides is 1. The highest BCUT2D eigenvalue weighted by atomic mass is 19.1. The van der Waals surface area contributed by atoms with Crippen LogP contribution in [0, 0.1) is 12.7 Å². The second kappa shape index (κ2) is 9.20. The van der Waals surface area contributed by atoms with E-state index in [-0.39, 0.29) is 11.7 Å². The SMILES string of the molecule is COc1cc(C)c(C[NH+](C)CC(=O)NCc2ccc(F)cc2)cc1OC. The van der Waals surface area contributed by atoms with Crippen LogP contribution in [-0.2, 0) is 17.9 Å². The summed E-state index contributed by atoms with van der Waals surface area (Å²) in [6.07, 6.45) is 0. The second-order valence-corrected chi connectivity index (χ2v) is 6.35. The van der Waals surface area contributed by atoms with Gasteiger partial charge in [0.25, 0.3) is 5.91 Å². The lowest BCUT2D eigenvalue weighted by Crippen LogP contribution is -3.08. The number of carbonyl (C=O) groups is 1. The molecule has 0 saturated carbocycles. The van der Waals surface area contributed by atoms with Gasteiger partial charge >= 0.3 is 0 Å². The summed E-state index contributed by atoms with van der Waals surface area (Å²) >= 11 is 0. The molecule has 0 aliphatic carbocycles. The molecule has 0 aromatic heterocycles. The fraction of sp³-hybridized carbons (Fsp3) is 0.350. The van der Waals surface area contributed by atoms with Gasteiger partial charge in [0.1, 0.15) is 12.4 Å². The van der Waals surface area contributed by atoms with Crippen molar-refractivity contribution in [2.24, 2.45) is 0 Å². The Balaban J connectivity index is 1.90. The number of aryl methyl sites for hydroxylation is 1. The standard InChI is InChI=1S/C20H25FN2O3/c1-14-9-18(25-3)19(26-4)10-16(14)12-23(2)13-20(24)22-11-15-5-7-17(21)8-6-15/h5-10H,11-13H2,1-4H3,(H,22,24)/p+1. The minimum absolute atomic E-state index is 0.0510. The molecule has 1 atom stereocenters. The smallest absolute Gasteiger partial charge is 0.275 e. The predicted molar refractivity (Wildman–Crippen MR) is 98.0 cm³/mol. The number of hydrogen-bond acceptors (Lipinski definition) is 3. The van der Waals surface area contributed by atoms with Gasteiger partial charge in [-0.05, 0) is 42.3 Å². The molecular weight excluding hydrogens is 335 g/mol. The number of quaternary nitrogens is 1. The highest BCUT2D eigenvalue weighted by Crippen LogP contribution is 2.29. The van der Waals surface area contributed by atoms with Crippen molar-refractivity contribution < 1.29 is 23.6 Å². The molecule has 140 valence electrons. The maximum Gasteiger partial charge on any atom is 0.275 e. The monoisotopic (exact) mass is 361 g/mol. The van der Waals surface area contributed by atoms with Crippen molar-refractivity contribution in [3.63, 3.8) is 0 Å². The van der Waals surface area contributed by atoms with Gasteiger partial charge in [0.15, 0.2) is 18.0 Å². The Morgan fingerprint density at radius 3 is 2.35 bits per heavy atom. The molecule has 0 aliphatic heterocycles. The van der Waals surface area contributed by atoms with Crippen LogP contribution in [0.25, 0.3) is 0 Å². The first-order chi connectivity index (χ1) is 12.4. The third-order valence-corrected chi connectivity index (χ3v) is 4.20. The van der Waals surface area contributed by atoms with Crippen LogP contribution in [0.4, 0.5) is 4.39 Å². The summed E-state index contributed by atoms with van der Waals surface area (Å²) < 4.78 is 23.5. The Kier molecular flexibility index (Phi) is 6.97. The van der Waals surface area contributed by atoms with Crippen LogP contribution >= 0.6 is 0 Å². The number of halogens is 1. The van der Waals surface area contributed by atoms with E-state index in [0.29, 0.717) is 31.1 Å². The minimum atomic E-state index is -0.283. The number of rotatable bonds is 8. The van der Waals surface area contributed by atoms with Crippen LogP contribution in [0.1, 0.15) is 16.7 Å². The Hall–Kier alpha value is -2.60. The Labute approximate surface area is 153 Å². The fourth-order valence-electron chi connectivity index (χ4n) is 2.74. The van der Waals surface area contributed by atoms with E-state index < -0.39 is 0 Å². The normalized spacial score (nSPS) is 11.7. The van der Waals surface area contributed by atoms with Gasteiger partial charge in [0.05, 0.1) is 21.3 Å². The van der Waals surface area contributed by atoms with E-state index in [0.717, 1.165) is 21.6 Å². The van der Waals surface area contributed by atoms with E-state index >= 15 is 0 Å². The number of methoxy groups -OCH3 is 2. The number of likely N-dealkylation sites (N-methyl/N-ethyl adjacent to an activating group) is 1. The zero-order valence-electron chi connectivity index (χ0n) is 15.7. The van der Waals surface area contributed by atoms with Gasteiger partial charge in [-0.15, -0.1) is 0 Å². The van der Waals surface area contributed by atoms with Gasteiger partial charge in [-0.2, -0.15) is 0 Å². The lowest BCUT2D eigenvalue weighted by molar-refractivity contribution is -0.885. The molecule has 26 heavy (non-hydrogen) atoms. The molecule has 2 rings (SSSR count). The lowest BCUT2D eigenvalue weighted by Gasteiger charge is -2.17. The van der Waals surface area contributed by atoms with Gasteiger partial charge in [-0.25, -0.2) is 4.39 Å². The maximum absolute atomic E-state index is 12.9. The fourth-order valence-corrected chi connectivity index (χ4v) is 2.74. The number of benzene rings is 2. The molecule has 2 aromatic rings. The first kappa shape index (κ1) is 19.7. The molecule has 6 heteroatoms. The van der Waals surface area contributed by atoms with E-state index in [1.54, 1.807) is 26.4 Å². The molecule has 0 bridgehead atoms. The van der Waals surface area contributed by atoms with Gasteiger partial charge in [-0.1, -0.05) is 12.1 Å². The summed E-state index contributed by atoms with van der Waals surface area (Å²) in [5.41, 5.74) is 3.06. The topological polar surface area (TPSA) is 52.0 Å². The van der Waals surface area contributed by atoms with Crippen molar-refractivity contribution in [1.29, 1.82) is 0 Å². The molecular formula is C20H26FN2O3+. The van der Waals surface area contributed by atoms with Crippen molar-refractivity contribution in [2.75, 3.05) is 27.8 Å². The van der Waals surface area contributed by atoms with E-state index in [4.69, 9.17) is 9.47 Å². The van der Waals surface area contributed by atoms with Crippen molar-refractivity contribution in [2.45, 2.75) is 20.0 Å². The van der Waals surface area contributed by atoms with Crippen LogP contribution in [0.3, 0.4) is 0 Å². The van der Waals surface area contributed by atoms with Crippen molar-refractivity contribution in [3.05, 3.63) is 58.9 Å². The molecule has 0 aliphatic rings. The van der Waals surface area contributed by atoms with Crippen molar-refractivity contribution in [1.82, 2.24) is 5.32 Å². The molecule has 2 N–H and O–H groups in total. The largest absolute Gasteiger partial charge is 0.493 e. The summed E-state index contributed by atoms with van der Waals surface area (Å²) in [7, 11) is 5.18. The molecule has 0 heterocycles. The molecule has 1 unspecified atom stereocenters. The first-order valence-electron chi connectivity index (χ1n) is 8.47.